The molecular formula is C19H22FN3O2. The van der Waals surface area contributed by atoms with Crippen LogP contribution in [0.1, 0.15) is 29.8 Å². The molecule has 132 valence electrons. The van der Waals surface area contributed by atoms with Crippen molar-refractivity contribution in [2.24, 2.45) is 0 Å². The fourth-order valence-electron chi connectivity index (χ4n) is 3.00. The number of hydrogen-bond donors (Lipinski definition) is 1. The van der Waals surface area contributed by atoms with Crippen molar-refractivity contribution < 1.29 is 13.9 Å². The number of halogens is 1. The minimum absolute atomic E-state index is 0.0448. The number of anilines is 1. The van der Waals surface area contributed by atoms with E-state index in [0.717, 1.165) is 24.5 Å². The van der Waals surface area contributed by atoms with Gasteiger partial charge in [0.05, 0.1) is 17.8 Å². The SMILES string of the molecule is CC1CN(c2ccc(CNC(=O)c3ccccc3F)cn2)CC(C)O1. The topological polar surface area (TPSA) is 54.5 Å². The van der Waals surface area contributed by atoms with E-state index in [4.69, 9.17) is 4.74 Å². The zero-order valence-electron chi connectivity index (χ0n) is 14.4. The van der Waals surface area contributed by atoms with Gasteiger partial charge in [-0.2, -0.15) is 0 Å². The van der Waals surface area contributed by atoms with Gasteiger partial charge in [0.1, 0.15) is 11.6 Å². The van der Waals surface area contributed by atoms with Gasteiger partial charge in [0.15, 0.2) is 0 Å². The molecule has 2 aromatic rings. The summed E-state index contributed by atoms with van der Waals surface area (Å²) in [5.41, 5.74) is 0.908. The van der Waals surface area contributed by atoms with E-state index in [-0.39, 0.29) is 17.8 Å². The fraction of sp³-hybridized carbons (Fsp3) is 0.368. The molecule has 1 aromatic carbocycles. The number of morpholine rings is 1. The lowest BCUT2D eigenvalue weighted by Gasteiger charge is -2.36. The Morgan fingerprint density at radius 3 is 2.60 bits per heavy atom. The first-order valence-electron chi connectivity index (χ1n) is 8.41. The first-order chi connectivity index (χ1) is 12.0. The first-order valence-corrected chi connectivity index (χ1v) is 8.41. The van der Waals surface area contributed by atoms with Crippen molar-refractivity contribution in [3.05, 3.63) is 59.5 Å². The highest BCUT2D eigenvalue weighted by Crippen LogP contribution is 2.18. The predicted octanol–water partition coefficient (Wildman–Crippen LogP) is 2.76. The third-order valence-corrected chi connectivity index (χ3v) is 4.12. The van der Waals surface area contributed by atoms with Crippen molar-refractivity contribution in [1.82, 2.24) is 10.3 Å². The van der Waals surface area contributed by atoms with E-state index in [1.165, 1.54) is 12.1 Å². The van der Waals surface area contributed by atoms with Crippen LogP contribution in [0.3, 0.4) is 0 Å². The zero-order chi connectivity index (χ0) is 17.8. The molecule has 6 heteroatoms. The van der Waals surface area contributed by atoms with E-state index in [9.17, 15) is 9.18 Å². The lowest BCUT2D eigenvalue weighted by molar-refractivity contribution is -0.00546. The van der Waals surface area contributed by atoms with Crippen LogP contribution < -0.4 is 10.2 Å². The van der Waals surface area contributed by atoms with Crippen LogP contribution in [0.25, 0.3) is 0 Å². The number of hydrogen-bond acceptors (Lipinski definition) is 4. The largest absolute Gasteiger partial charge is 0.372 e. The van der Waals surface area contributed by atoms with Crippen LogP contribution in [0, 0.1) is 5.82 Å². The maximum Gasteiger partial charge on any atom is 0.254 e. The van der Waals surface area contributed by atoms with E-state index in [1.807, 2.05) is 12.1 Å². The van der Waals surface area contributed by atoms with E-state index in [1.54, 1.807) is 18.3 Å². The second-order valence-corrected chi connectivity index (χ2v) is 6.35. The summed E-state index contributed by atoms with van der Waals surface area (Å²) >= 11 is 0. The molecule has 1 amide bonds. The maximum atomic E-state index is 13.6. The Hall–Kier alpha value is -2.47. The van der Waals surface area contributed by atoms with Crippen molar-refractivity contribution in [3.63, 3.8) is 0 Å². The molecule has 1 aromatic heterocycles. The molecule has 0 radical (unpaired) electrons. The summed E-state index contributed by atoms with van der Waals surface area (Å²) in [6.45, 7) is 6.02. The van der Waals surface area contributed by atoms with Crippen LogP contribution in [0.5, 0.6) is 0 Å². The van der Waals surface area contributed by atoms with Gasteiger partial charge in [0.2, 0.25) is 0 Å². The monoisotopic (exact) mass is 343 g/mol. The maximum absolute atomic E-state index is 13.6. The molecule has 1 aliphatic rings. The highest BCUT2D eigenvalue weighted by atomic mass is 19.1. The normalized spacial score (nSPS) is 20.4. The van der Waals surface area contributed by atoms with Crippen LogP contribution >= 0.6 is 0 Å². The summed E-state index contributed by atoms with van der Waals surface area (Å²) in [5.74, 6) is -0.0618. The lowest BCUT2D eigenvalue weighted by Crippen LogP contribution is -2.45. The molecule has 2 unspecified atom stereocenters. The number of benzene rings is 1. The number of rotatable bonds is 4. The van der Waals surface area contributed by atoms with E-state index >= 15 is 0 Å². The Balaban J connectivity index is 1.59. The standard InChI is InChI=1S/C19H22FN3O2/c1-13-11-23(12-14(2)25-13)18-8-7-15(9-21-18)10-22-19(24)16-5-3-4-6-17(16)20/h3-9,13-14H,10-12H2,1-2H3,(H,22,24). The van der Waals surface area contributed by atoms with Gasteiger partial charge in [0.25, 0.3) is 5.91 Å². The van der Waals surface area contributed by atoms with Gasteiger partial charge in [-0.1, -0.05) is 18.2 Å². The first kappa shape index (κ1) is 17.4. The van der Waals surface area contributed by atoms with Crippen LogP contribution in [0.2, 0.25) is 0 Å². The summed E-state index contributed by atoms with van der Waals surface area (Å²) in [4.78, 5) is 18.7. The number of ether oxygens (including phenoxy) is 1. The van der Waals surface area contributed by atoms with Crippen molar-refractivity contribution >= 4 is 11.7 Å². The van der Waals surface area contributed by atoms with Crippen LogP contribution in [0.4, 0.5) is 10.2 Å². The number of aromatic nitrogens is 1. The molecule has 2 atom stereocenters. The molecule has 1 N–H and O–H groups in total. The van der Waals surface area contributed by atoms with Crippen LogP contribution in [-0.2, 0) is 11.3 Å². The summed E-state index contributed by atoms with van der Waals surface area (Å²) in [6.07, 6.45) is 2.08. The quantitative estimate of drug-likeness (QED) is 0.927. The average molecular weight is 343 g/mol. The van der Waals surface area contributed by atoms with Gasteiger partial charge >= 0.3 is 0 Å². The van der Waals surface area contributed by atoms with Crippen LogP contribution in [0.15, 0.2) is 42.6 Å². The Kier molecular flexibility index (Phi) is 5.28. The van der Waals surface area contributed by atoms with Gasteiger partial charge in [-0.15, -0.1) is 0 Å². The molecule has 0 aliphatic carbocycles. The Bertz CT molecular complexity index is 726. The smallest absolute Gasteiger partial charge is 0.254 e. The minimum Gasteiger partial charge on any atom is -0.372 e. The zero-order valence-corrected chi connectivity index (χ0v) is 14.4. The van der Waals surface area contributed by atoms with Gasteiger partial charge in [-0.3, -0.25) is 4.79 Å². The molecule has 25 heavy (non-hydrogen) atoms. The Morgan fingerprint density at radius 2 is 1.96 bits per heavy atom. The summed E-state index contributed by atoms with van der Waals surface area (Å²) in [5, 5.41) is 2.72. The fourth-order valence-corrected chi connectivity index (χ4v) is 3.00. The van der Waals surface area contributed by atoms with Gasteiger partial charge in [-0.25, -0.2) is 9.37 Å². The minimum atomic E-state index is -0.524. The summed E-state index contributed by atoms with van der Waals surface area (Å²) < 4.78 is 19.3. The van der Waals surface area contributed by atoms with Crippen LogP contribution in [-0.4, -0.2) is 36.2 Å². The number of nitrogens with one attached hydrogen (secondary N) is 1. The third-order valence-electron chi connectivity index (χ3n) is 4.12. The number of carbonyl (C=O) groups is 1. The third kappa shape index (κ3) is 4.33. The van der Waals surface area contributed by atoms with E-state index < -0.39 is 11.7 Å². The molecule has 5 nitrogen and oxygen atoms in total. The van der Waals surface area contributed by atoms with E-state index in [0.29, 0.717) is 6.54 Å². The number of carbonyl (C=O) groups excluding carboxylic acids is 1. The highest BCUT2D eigenvalue weighted by molar-refractivity contribution is 5.94. The van der Waals surface area contributed by atoms with Gasteiger partial charge < -0.3 is 15.0 Å². The van der Waals surface area contributed by atoms with Crippen molar-refractivity contribution in [3.8, 4) is 0 Å². The van der Waals surface area contributed by atoms with Gasteiger partial charge in [0, 0.05) is 25.8 Å². The molecule has 2 heterocycles. The lowest BCUT2D eigenvalue weighted by atomic mass is 10.2. The molecule has 0 spiro atoms. The number of amides is 1. The molecule has 3 rings (SSSR count). The number of pyridine rings is 1. The highest BCUT2D eigenvalue weighted by Gasteiger charge is 2.23. The average Bonchev–Trinajstić information content (AvgIpc) is 2.60. The van der Waals surface area contributed by atoms with Crippen molar-refractivity contribution in [2.45, 2.75) is 32.6 Å². The molecule has 1 saturated heterocycles. The molecule has 1 aliphatic heterocycles. The molecular weight excluding hydrogens is 321 g/mol. The van der Waals surface area contributed by atoms with E-state index in [2.05, 4.69) is 29.0 Å². The summed E-state index contributed by atoms with van der Waals surface area (Å²) in [7, 11) is 0. The summed E-state index contributed by atoms with van der Waals surface area (Å²) in [6, 6.07) is 9.80. The molecule has 0 saturated carbocycles. The van der Waals surface area contributed by atoms with Crippen molar-refractivity contribution in [1.29, 1.82) is 0 Å². The van der Waals surface area contributed by atoms with Gasteiger partial charge in [-0.05, 0) is 37.6 Å². The predicted molar refractivity (Wildman–Crippen MR) is 94.0 cm³/mol. The Morgan fingerprint density at radius 1 is 1.24 bits per heavy atom. The number of nitrogens with zero attached hydrogens (tertiary/aromatic N) is 2. The molecule has 1 fully saturated rings. The molecule has 0 bridgehead atoms. The second kappa shape index (κ2) is 7.61. The van der Waals surface area contributed by atoms with Crippen molar-refractivity contribution in [2.75, 3.05) is 18.0 Å². The Labute approximate surface area is 146 Å². The second-order valence-electron chi connectivity index (χ2n) is 6.35.